The van der Waals surface area contributed by atoms with Gasteiger partial charge in [-0.25, -0.2) is 9.36 Å². The number of rotatable bonds is 3. The fraction of sp³-hybridized carbons (Fsp3) is 0.188. The molecule has 1 aromatic carbocycles. The lowest BCUT2D eigenvalue weighted by Crippen LogP contribution is -2.28. The van der Waals surface area contributed by atoms with Crippen LogP contribution in [0, 0.1) is 0 Å². The van der Waals surface area contributed by atoms with E-state index in [1.807, 2.05) is 0 Å². The van der Waals surface area contributed by atoms with E-state index in [4.69, 9.17) is 4.74 Å². The molecular formula is C16H16N2O4. The van der Waals surface area contributed by atoms with Crippen molar-refractivity contribution >= 4 is 28.6 Å². The number of para-hydroxylation sites is 1. The van der Waals surface area contributed by atoms with E-state index < -0.39 is 17.6 Å². The zero-order valence-electron chi connectivity index (χ0n) is 12.7. The van der Waals surface area contributed by atoms with Crippen LogP contribution in [-0.4, -0.2) is 21.0 Å². The molecule has 1 aromatic heterocycles. The zero-order valence-corrected chi connectivity index (χ0v) is 12.7. The molecule has 0 saturated heterocycles. The van der Waals surface area contributed by atoms with Crippen molar-refractivity contribution in [3.63, 3.8) is 0 Å². The van der Waals surface area contributed by atoms with E-state index in [1.165, 1.54) is 24.5 Å². The highest BCUT2D eigenvalue weighted by Crippen LogP contribution is 2.27. The number of aromatic nitrogens is 2. The third kappa shape index (κ3) is 2.39. The van der Waals surface area contributed by atoms with Crippen LogP contribution >= 0.6 is 0 Å². The SMILES string of the molecule is C=C(C)C(=O)n1c(=O)n(C(=C)C)c2cccc(OC(C)=O)c21. The van der Waals surface area contributed by atoms with Crippen molar-refractivity contribution in [3.05, 3.63) is 47.4 Å². The molecule has 0 aliphatic carbocycles. The first-order valence-corrected chi connectivity index (χ1v) is 6.56. The Morgan fingerprint density at radius 1 is 1.09 bits per heavy atom. The number of imidazole rings is 1. The largest absolute Gasteiger partial charge is 0.424 e. The minimum Gasteiger partial charge on any atom is -0.424 e. The summed E-state index contributed by atoms with van der Waals surface area (Å²) in [4.78, 5) is 36.2. The monoisotopic (exact) mass is 300 g/mol. The molecule has 0 N–H and O–H groups in total. The standard InChI is InChI=1S/C16H16N2O4/c1-9(2)15(20)18-14-12(17(10(3)4)16(18)21)7-6-8-13(14)22-11(5)19/h6-8H,1,3H2,2,4-5H3. The summed E-state index contributed by atoms with van der Waals surface area (Å²) in [6, 6.07) is 4.81. The van der Waals surface area contributed by atoms with Gasteiger partial charge in [-0.3, -0.25) is 14.2 Å². The Morgan fingerprint density at radius 3 is 2.23 bits per heavy atom. The quantitative estimate of drug-likeness (QED) is 0.496. The number of carbonyl (C=O) groups is 2. The van der Waals surface area contributed by atoms with Gasteiger partial charge in [-0.1, -0.05) is 19.2 Å². The average Bonchev–Trinajstić information content (AvgIpc) is 2.70. The smallest absolute Gasteiger partial charge is 0.340 e. The molecule has 22 heavy (non-hydrogen) atoms. The number of allylic oxidation sites excluding steroid dienone is 2. The summed E-state index contributed by atoms with van der Waals surface area (Å²) in [6.45, 7) is 11.7. The molecule has 0 spiro atoms. The fourth-order valence-corrected chi connectivity index (χ4v) is 2.20. The summed E-state index contributed by atoms with van der Waals surface area (Å²) in [5.41, 5.74) is 0.725. The molecule has 0 saturated carbocycles. The lowest BCUT2D eigenvalue weighted by Gasteiger charge is -2.06. The molecule has 2 aromatic rings. The van der Waals surface area contributed by atoms with Crippen LogP contribution < -0.4 is 10.4 Å². The molecular weight excluding hydrogens is 284 g/mol. The summed E-state index contributed by atoms with van der Waals surface area (Å²) in [5, 5.41) is 0. The number of hydrogen-bond acceptors (Lipinski definition) is 4. The van der Waals surface area contributed by atoms with Gasteiger partial charge in [0.05, 0.1) is 5.52 Å². The first-order chi connectivity index (χ1) is 10.3. The zero-order chi connectivity index (χ0) is 16.6. The Bertz CT molecular complexity index is 883. The van der Waals surface area contributed by atoms with E-state index in [2.05, 4.69) is 13.2 Å². The van der Waals surface area contributed by atoms with Crippen molar-refractivity contribution in [3.8, 4) is 5.75 Å². The maximum atomic E-state index is 12.6. The van der Waals surface area contributed by atoms with Crippen LogP contribution in [0.3, 0.4) is 0 Å². The van der Waals surface area contributed by atoms with Crippen molar-refractivity contribution in [2.75, 3.05) is 0 Å². The van der Waals surface area contributed by atoms with Crippen molar-refractivity contribution in [1.29, 1.82) is 0 Å². The highest BCUT2D eigenvalue weighted by molar-refractivity contribution is 6.02. The van der Waals surface area contributed by atoms with Gasteiger partial charge < -0.3 is 4.74 Å². The fourth-order valence-electron chi connectivity index (χ4n) is 2.20. The molecule has 1 heterocycles. The van der Waals surface area contributed by atoms with Crippen molar-refractivity contribution in [2.45, 2.75) is 20.8 Å². The second kappa shape index (κ2) is 5.48. The molecule has 0 atom stereocenters. The number of esters is 1. The number of nitrogens with zero attached hydrogens (tertiary/aromatic N) is 2. The van der Waals surface area contributed by atoms with E-state index in [0.717, 1.165) is 4.57 Å². The van der Waals surface area contributed by atoms with E-state index in [9.17, 15) is 14.4 Å². The molecule has 0 fully saturated rings. The molecule has 0 bridgehead atoms. The summed E-state index contributed by atoms with van der Waals surface area (Å²) in [5.74, 6) is -0.969. The van der Waals surface area contributed by atoms with Crippen LogP contribution in [0.2, 0.25) is 0 Å². The number of carbonyl (C=O) groups excluding carboxylic acids is 2. The van der Waals surface area contributed by atoms with Crippen molar-refractivity contribution < 1.29 is 14.3 Å². The molecule has 0 aliphatic heterocycles. The minimum atomic E-state index is -0.574. The van der Waals surface area contributed by atoms with Crippen LogP contribution in [0.5, 0.6) is 5.75 Å². The van der Waals surface area contributed by atoms with Gasteiger partial charge in [0.25, 0.3) is 5.91 Å². The lowest BCUT2D eigenvalue weighted by atomic mass is 10.2. The van der Waals surface area contributed by atoms with Gasteiger partial charge >= 0.3 is 11.7 Å². The Morgan fingerprint density at radius 2 is 1.73 bits per heavy atom. The van der Waals surface area contributed by atoms with Gasteiger partial charge in [-0.05, 0) is 26.0 Å². The third-order valence-electron chi connectivity index (χ3n) is 3.03. The Hall–Kier alpha value is -2.89. The summed E-state index contributed by atoms with van der Waals surface area (Å²) in [7, 11) is 0. The Kier molecular flexibility index (Phi) is 3.86. The average molecular weight is 300 g/mol. The summed E-state index contributed by atoms with van der Waals surface area (Å²) >= 11 is 0. The van der Waals surface area contributed by atoms with Crippen molar-refractivity contribution in [1.82, 2.24) is 9.13 Å². The predicted molar refractivity (Wildman–Crippen MR) is 84.0 cm³/mol. The number of ether oxygens (including phenoxy) is 1. The van der Waals surface area contributed by atoms with E-state index in [-0.39, 0.29) is 16.8 Å². The highest BCUT2D eigenvalue weighted by Gasteiger charge is 2.22. The van der Waals surface area contributed by atoms with Gasteiger partial charge in [-0.2, -0.15) is 0 Å². The molecule has 0 radical (unpaired) electrons. The lowest BCUT2D eigenvalue weighted by molar-refractivity contribution is -0.131. The maximum Gasteiger partial charge on any atom is 0.340 e. The molecule has 6 heteroatoms. The van der Waals surface area contributed by atoms with Crippen LogP contribution in [0.25, 0.3) is 16.7 Å². The molecule has 0 amide bonds. The second-order valence-electron chi connectivity index (χ2n) is 4.99. The summed E-state index contributed by atoms with van der Waals surface area (Å²) in [6.07, 6.45) is 0. The van der Waals surface area contributed by atoms with Crippen molar-refractivity contribution in [2.24, 2.45) is 0 Å². The number of hydrogen-bond donors (Lipinski definition) is 0. The highest BCUT2D eigenvalue weighted by atomic mass is 16.5. The van der Waals surface area contributed by atoms with Gasteiger partial charge in [-0.15, -0.1) is 0 Å². The van der Waals surface area contributed by atoms with E-state index in [1.54, 1.807) is 19.1 Å². The molecule has 6 nitrogen and oxygen atoms in total. The molecule has 0 unspecified atom stereocenters. The maximum absolute atomic E-state index is 12.6. The number of fused-ring (bicyclic) bond motifs is 1. The summed E-state index contributed by atoms with van der Waals surface area (Å²) < 4.78 is 7.37. The van der Waals surface area contributed by atoms with Crippen LogP contribution in [0.1, 0.15) is 25.6 Å². The van der Waals surface area contributed by atoms with Crippen LogP contribution in [-0.2, 0) is 4.79 Å². The van der Waals surface area contributed by atoms with Gasteiger partial charge in [0.2, 0.25) is 0 Å². The Balaban J connectivity index is 2.98. The first-order valence-electron chi connectivity index (χ1n) is 6.56. The van der Waals surface area contributed by atoms with Crippen LogP contribution in [0.4, 0.5) is 0 Å². The first kappa shape index (κ1) is 15.5. The minimum absolute atomic E-state index is 0.136. The number of benzene rings is 1. The topological polar surface area (TPSA) is 70.3 Å². The van der Waals surface area contributed by atoms with Gasteiger partial charge in [0.1, 0.15) is 5.52 Å². The molecule has 0 aliphatic rings. The molecule has 114 valence electrons. The Labute approximate surface area is 126 Å². The van der Waals surface area contributed by atoms with Crippen LogP contribution in [0.15, 0.2) is 41.7 Å². The van der Waals surface area contributed by atoms with Gasteiger partial charge in [0, 0.05) is 18.2 Å². The van der Waals surface area contributed by atoms with Gasteiger partial charge in [0.15, 0.2) is 5.75 Å². The molecule has 2 rings (SSSR count). The normalized spacial score (nSPS) is 10.5. The second-order valence-corrected chi connectivity index (χ2v) is 4.99. The van der Waals surface area contributed by atoms with E-state index in [0.29, 0.717) is 11.2 Å². The van der Waals surface area contributed by atoms with E-state index >= 15 is 0 Å². The third-order valence-corrected chi connectivity index (χ3v) is 3.03. The predicted octanol–water partition coefficient (Wildman–Crippen LogP) is 2.44.